The molecule has 0 atom stereocenters. The van der Waals surface area contributed by atoms with Crippen LogP contribution in [0.25, 0.3) is 12.2 Å². The van der Waals surface area contributed by atoms with Crippen molar-refractivity contribution in [2.45, 2.75) is 0 Å². The average Bonchev–Trinajstić information content (AvgIpc) is 3.37. The molecule has 0 bridgehead atoms. The number of benzene rings is 2. The second-order valence-electron chi connectivity index (χ2n) is 6.96. The fraction of sp³-hybridized carbons (Fsp3) is 0.174. The van der Waals surface area contributed by atoms with E-state index in [1.807, 2.05) is 0 Å². The lowest BCUT2D eigenvalue weighted by Crippen LogP contribution is -2.36. The third-order valence-corrected chi connectivity index (χ3v) is 5.71. The lowest BCUT2D eigenvalue weighted by molar-refractivity contribution is -0.123. The summed E-state index contributed by atoms with van der Waals surface area (Å²) in [7, 11) is 1.37. The maximum Gasteiger partial charge on any atom is 0.293 e. The molecule has 2 aromatic carbocycles. The van der Waals surface area contributed by atoms with E-state index in [-0.39, 0.29) is 30.5 Å². The molecule has 2 heterocycles. The minimum atomic E-state index is -0.534. The molecule has 1 N–H and O–H groups in total. The Morgan fingerprint density at radius 2 is 1.97 bits per heavy atom. The SMILES string of the molecule is COc1ccc(/C=C/C(=O)NCCN2C(=O)S/C(=C\c3ccc4c(c3)OCO4)C2=O)cc1F. The van der Waals surface area contributed by atoms with Gasteiger partial charge in [-0.3, -0.25) is 19.3 Å². The van der Waals surface area contributed by atoms with E-state index in [4.69, 9.17) is 14.2 Å². The van der Waals surface area contributed by atoms with Crippen LogP contribution < -0.4 is 19.5 Å². The second-order valence-corrected chi connectivity index (χ2v) is 7.96. The summed E-state index contributed by atoms with van der Waals surface area (Å²) in [6.45, 7) is 0.253. The first-order chi connectivity index (χ1) is 15.9. The van der Waals surface area contributed by atoms with Crippen LogP contribution in [-0.4, -0.2) is 48.9 Å². The molecule has 2 aromatic rings. The van der Waals surface area contributed by atoms with Crippen LogP contribution in [0.3, 0.4) is 0 Å². The van der Waals surface area contributed by atoms with Crippen LogP contribution in [0.4, 0.5) is 9.18 Å². The van der Waals surface area contributed by atoms with Crippen molar-refractivity contribution in [2.75, 3.05) is 27.0 Å². The molecule has 0 spiro atoms. The summed E-state index contributed by atoms with van der Waals surface area (Å²) < 4.78 is 29.1. The smallest absolute Gasteiger partial charge is 0.293 e. The molecule has 2 aliphatic rings. The van der Waals surface area contributed by atoms with Crippen LogP contribution >= 0.6 is 11.8 Å². The highest BCUT2D eigenvalue weighted by atomic mass is 32.2. The summed E-state index contributed by atoms with van der Waals surface area (Å²) in [5.74, 6) is -0.0804. The first kappa shape index (κ1) is 22.4. The van der Waals surface area contributed by atoms with Gasteiger partial charge in [-0.1, -0.05) is 12.1 Å². The zero-order valence-electron chi connectivity index (χ0n) is 17.5. The summed E-state index contributed by atoms with van der Waals surface area (Å²) in [6, 6.07) is 9.56. The molecule has 0 radical (unpaired) electrons. The molecule has 0 saturated carbocycles. The Morgan fingerprint density at radius 3 is 2.76 bits per heavy atom. The Morgan fingerprint density at radius 1 is 1.18 bits per heavy atom. The van der Waals surface area contributed by atoms with Crippen molar-refractivity contribution in [2.24, 2.45) is 0 Å². The third-order valence-electron chi connectivity index (χ3n) is 4.81. The number of carbonyl (C=O) groups is 3. The van der Waals surface area contributed by atoms with Crippen molar-refractivity contribution >= 4 is 41.0 Å². The van der Waals surface area contributed by atoms with Gasteiger partial charge < -0.3 is 19.5 Å². The quantitative estimate of drug-likeness (QED) is 0.620. The number of amides is 3. The number of thioether (sulfide) groups is 1. The van der Waals surface area contributed by atoms with E-state index in [0.29, 0.717) is 22.6 Å². The predicted molar refractivity (Wildman–Crippen MR) is 120 cm³/mol. The van der Waals surface area contributed by atoms with E-state index in [0.717, 1.165) is 16.7 Å². The number of ether oxygens (including phenoxy) is 3. The molecule has 33 heavy (non-hydrogen) atoms. The number of nitrogens with one attached hydrogen (secondary N) is 1. The molecule has 0 aromatic heterocycles. The van der Waals surface area contributed by atoms with Gasteiger partial charge in [0, 0.05) is 19.2 Å². The molecule has 1 saturated heterocycles. The summed E-state index contributed by atoms with van der Waals surface area (Å²) in [5, 5.41) is 2.19. The standard InChI is InChI=1S/C23H19FN2O6S/c1-30-17-5-2-14(10-16(17)24)4-7-21(27)25-8-9-26-22(28)20(33-23(26)29)12-15-3-6-18-19(11-15)32-13-31-18/h2-7,10-12H,8-9,13H2,1H3,(H,25,27)/b7-4+,20-12-. The Balaban J connectivity index is 1.30. The first-order valence-electron chi connectivity index (χ1n) is 9.89. The number of rotatable bonds is 7. The molecule has 10 heteroatoms. The van der Waals surface area contributed by atoms with Crippen LogP contribution in [0.5, 0.6) is 17.2 Å². The molecule has 0 unspecified atom stereocenters. The predicted octanol–water partition coefficient (Wildman–Crippen LogP) is 3.43. The highest BCUT2D eigenvalue weighted by molar-refractivity contribution is 8.18. The van der Waals surface area contributed by atoms with Crippen molar-refractivity contribution < 1.29 is 33.0 Å². The minimum Gasteiger partial charge on any atom is -0.494 e. The van der Waals surface area contributed by atoms with Gasteiger partial charge in [-0.15, -0.1) is 0 Å². The number of imide groups is 1. The van der Waals surface area contributed by atoms with Gasteiger partial charge >= 0.3 is 0 Å². The van der Waals surface area contributed by atoms with Crippen LogP contribution in [0, 0.1) is 5.82 Å². The number of halogens is 1. The minimum absolute atomic E-state index is 0.0277. The summed E-state index contributed by atoms with van der Waals surface area (Å²) in [5.41, 5.74) is 1.20. The van der Waals surface area contributed by atoms with Crippen LogP contribution in [0.15, 0.2) is 47.4 Å². The zero-order chi connectivity index (χ0) is 23.4. The Hall–Kier alpha value is -3.79. The lowest BCUT2D eigenvalue weighted by Gasteiger charge is -2.12. The topological polar surface area (TPSA) is 94.2 Å². The molecule has 3 amide bonds. The van der Waals surface area contributed by atoms with E-state index >= 15 is 0 Å². The molecule has 170 valence electrons. The number of carbonyl (C=O) groups excluding carboxylic acids is 3. The van der Waals surface area contributed by atoms with Crippen molar-refractivity contribution in [3.8, 4) is 17.2 Å². The molecule has 0 aliphatic carbocycles. The fourth-order valence-corrected chi connectivity index (χ4v) is 4.02. The molecule has 1 fully saturated rings. The lowest BCUT2D eigenvalue weighted by atomic mass is 10.2. The largest absolute Gasteiger partial charge is 0.494 e. The van der Waals surface area contributed by atoms with Gasteiger partial charge in [-0.2, -0.15) is 0 Å². The van der Waals surface area contributed by atoms with Crippen LogP contribution in [-0.2, 0) is 9.59 Å². The van der Waals surface area contributed by atoms with E-state index < -0.39 is 22.9 Å². The third kappa shape index (κ3) is 5.17. The number of fused-ring (bicyclic) bond motifs is 1. The van der Waals surface area contributed by atoms with E-state index in [1.165, 1.54) is 31.4 Å². The number of hydrogen-bond donors (Lipinski definition) is 1. The van der Waals surface area contributed by atoms with Crippen molar-refractivity contribution in [1.29, 1.82) is 0 Å². The summed E-state index contributed by atoms with van der Waals surface area (Å²) in [4.78, 5) is 38.2. The van der Waals surface area contributed by atoms with E-state index in [2.05, 4.69) is 5.32 Å². The molecule has 8 nitrogen and oxygen atoms in total. The molecular weight excluding hydrogens is 451 g/mol. The Labute approximate surface area is 193 Å². The van der Waals surface area contributed by atoms with Crippen molar-refractivity contribution in [3.63, 3.8) is 0 Å². The fourth-order valence-electron chi connectivity index (χ4n) is 3.16. The van der Waals surface area contributed by atoms with E-state index in [1.54, 1.807) is 30.3 Å². The maximum atomic E-state index is 13.7. The molecule has 4 rings (SSSR count). The first-order valence-corrected chi connectivity index (χ1v) is 10.7. The zero-order valence-corrected chi connectivity index (χ0v) is 18.3. The number of methoxy groups -OCH3 is 1. The number of hydrogen-bond acceptors (Lipinski definition) is 7. The summed E-state index contributed by atoms with van der Waals surface area (Å²) in [6.07, 6.45) is 4.31. The van der Waals surface area contributed by atoms with Crippen LogP contribution in [0.2, 0.25) is 0 Å². The highest BCUT2D eigenvalue weighted by Crippen LogP contribution is 2.36. The van der Waals surface area contributed by atoms with Gasteiger partial charge in [0.25, 0.3) is 11.1 Å². The van der Waals surface area contributed by atoms with Crippen molar-refractivity contribution in [3.05, 3.63) is 64.3 Å². The van der Waals surface area contributed by atoms with Crippen molar-refractivity contribution in [1.82, 2.24) is 10.2 Å². The van der Waals surface area contributed by atoms with E-state index in [9.17, 15) is 18.8 Å². The van der Waals surface area contributed by atoms with Gasteiger partial charge in [0.05, 0.1) is 12.0 Å². The van der Waals surface area contributed by atoms with Gasteiger partial charge in [-0.05, 0) is 59.3 Å². The van der Waals surface area contributed by atoms with Gasteiger partial charge in [-0.25, -0.2) is 4.39 Å². The molecule has 2 aliphatic heterocycles. The second kappa shape index (κ2) is 9.78. The molecular formula is C23H19FN2O6S. The summed E-state index contributed by atoms with van der Waals surface area (Å²) >= 11 is 0.835. The number of nitrogens with zero attached hydrogens (tertiary/aromatic N) is 1. The monoisotopic (exact) mass is 470 g/mol. The Bertz CT molecular complexity index is 1180. The van der Waals surface area contributed by atoms with Gasteiger partial charge in [0.2, 0.25) is 12.7 Å². The average molecular weight is 470 g/mol. The van der Waals surface area contributed by atoms with Crippen LogP contribution in [0.1, 0.15) is 11.1 Å². The Kier molecular flexibility index (Phi) is 6.64. The maximum absolute atomic E-state index is 13.7. The van der Waals surface area contributed by atoms with Gasteiger partial charge in [0.15, 0.2) is 23.1 Å². The van der Waals surface area contributed by atoms with Gasteiger partial charge in [0.1, 0.15) is 0 Å². The highest BCUT2D eigenvalue weighted by Gasteiger charge is 2.34. The normalized spacial score (nSPS) is 16.2.